The Balaban J connectivity index is 1.19. The van der Waals surface area contributed by atoms with Crippen molar-refractivity contribution in [3.05, 3.63) is 119 Å². The Bertz CT molecular complexity index is 1760. The lowest BCUT2D eigenvalue weighted by Crippen LogP contribution is -2.47. The number of hydrogen-bond acceptors (Lipinski definition) is 3. The standard InChI is InChI=1S/C36H31F6N3O3/c37-35(38,39)22-45-33(48)34(29-13-5-3-10-26(29)27-11-4-6-14-30(27)34)19-7-8-20-43-31(46)21-44-32(47)28-12-2-1-9-25(28)23-15-17-24(18-16-23)36(40,41)42/h1-6,9-18H,7-8,19-22H2,(H,43,46)(H,44,47)(H,45,48). The summed E-state index contributed by atoms with van der Waals surface area (Å²) in [5, 5.41) is 7.31. The first kappa shape index (κ1) is 34.2. The van der Waals surface area contributed by atoms with Crippen LogP contribution in [0.25, 0.3) is 22.3 Å². The third-order valence-electron chi connectivity index (χ3n) is 8.31. The van der Waals surface area contributed by atoms with Crippen LogP contribution in [0.2, 0.25) is 0 Å². The molecular weight excluding hydrogens is 636 g/mol. The second-order valence-electron chi connectivity index (χ2n) is 11.4. The summed E-state index contributed by atoms with van der Waals surface area (Å²) in [5.41, 5.74) is 1.60. The van der Waals surface area contributed by atoms with E-state index in [0.717, 1.165) is 23.3 Å². The van der Waals surface area contributed by atoms with Crippen molar-refractivity contribution in [2.24, 2.45) is 0 Å². The van der Waals surface area contributed by atoms with Crippen LogP contribution < -0.4 is 16.0 Å². The minimum atomic E-state index is -4.58. The summed E-state index contributed by atoms with van der Waals surface area (Å²) < 4.78 is 78.2. The molecule has 0 aliphatic heterocycles. The van der Waals surface area contributed by atoms with Gasteiger partial charge in [0, 0.05) is 12.1 Å². The number of halogens is 6. The van der Waals surface area contributed by atoms with Gasteiger partial charge < -0.3 is 16.0 Å². The molecule has 3 N–H and O–H groups in total. The Morgan fingerprint density at radius 1 is 0.625 bits per heavy atom. The average Bonchev–Trinajstić information content (AvgIpc) is 3.36. The number of hydrogen-bond donors (Lipinski definition) is 3. The van der Waals surface area contributed by atoms with Crippen molar-refractivity contribution in [1.82, 2.24) is 16.0 Å². The molecule has 6 nitrogen and oxygen atoms in total. The highest BCUT2D eigenvalue weighted by Crippen LogP contribution is 2.51. The molecule has 0 bridgehead atoms. The van der Waals surface area contributed by atoms with Gasteiger partial charge in [-0.3, -0.25) is 14.4 Å². The van der Waals surface area contributed by atoms with E-state index in [2.05, 4.69) is 16.0 Å². The zero-order valence-corrected chi connectivity index (χ0v) is 25.5. The highest BCUT2D eigenvalue weighted by Gasteiger charge is 2.49. The predicted octanol–water partition coefficient (Wildman–Crippen LogP) is 7.03. The molecule has 5 rings (SSSR count). The van der Waals surface area contributed by atoms with Crippen molar-refractivity contribution in [3.63, 3.8) is 0 Å². The van der Waals surface area contributed by atoms with E-state index in [0.29, 0.717) is 35.1 Å². The summed E-state index contributed by atoms with van der Waals surface area (Å²) >= 11 is 0. The fraction of sp³-hybridized carbons (Fsp3) is 0.250. The van der Waals surface area contributed by atoms with Gasteiger partial charge in [0.15, 0.2) is 0 Å². The third-order valence-corrected chi connectivity index (χ3v) is 8.31. The number of carbonyl (C=O) groups is 3. The molecular formula is C36H31F6N3O3. The first-order chi connectivity index (χ1) is 22.8. The van der Waals surface area contributed by atoms with Crippen LogP contribution in [0.5, 0.6) is 0 Å². The van der Waals surface area contributed by atoms with Gasteiger partial charge in [0.2, 0.25) is 11.8 Å². The Morgan fingerprint density at radius 3 is 1.77 bits per heavy atom. The topological polar surface area (TPSA) is 87.3 Å². The van der Waals surface area contributed by atoms with Crippen LogP contribution in [-0.4, -0.2) is 43.5 Å². The number of benzene rings is 4. The Labute approximate surface area is 272 Å². The highest BCUT2D eigenvalue weighted by molar-refractivity contribution is 6.02. The molecule has 12 heteroatoms. The Hall–Kier alpha value is -5.13. The molecule has 0 unspecified atom stereocenters. The smallest absolute Gasteiger partial charge is 0.355 e. The van der Waals surface area contributed by atoms with E-state index in [-0.39, 0.29) is 25.1 Å². The molecule has 1 aliphatic rings. The molecule has 250 valence electrons. The van der Waals surface area contributed by atoms with E-state index in [1.165, 1.54) is 18.2 Å². The van der Waals surface area contributed by atoms with Crippen LogP contribution in [0.1, 0.15) is 46.3 Å². The number of unbranched alkanes of at least 4 members (excludes halogenated alkanes) is 1. The van der Waals surface area contributed by atoms with Crippen molar-refractivity contribution < 1.29 is 40.7 Å². The lowest BCUT2D eigenvalue weighted by atomic mass is 9.73. The number of fused-ring (bicyclic) bond motifs is 3. The molecule has 48 heavy (non-hydrogen) atoms. The van der Waals surface area contributed by atoms with Crippen molar-refractivity contribution in [1.29, 1.82) is 0 Å². The van der Waals surface area contributed by atoms with Gasteiger partial charge in [-0.05, 0) is 70.8 Å². The minimum absolute atomic E-state index is 0.177. The van der Waals surface area contributed by atoms with Gasteiger partial charge in [-0.15, -0.1) is 0 Å². The lowest BCUT2D eigenvalue weighted by molar-refractivity contribution is -0.141. The fourth-order valence-electron chi connectivity index (χ4n) is 6.12. The van der Waals surface area contributed by atoms with Crippen LogP contribution in [0.3, 0.4) is 0 Å². The number of alkyl halides is 6. The van der Waals surface area contributed by atoms with Gasteiger partial charge in [-0.1, -0.05) is 78.9 Å². The van der Waals surface area contributed by atoms with Gasteiger partial charge in [0.25, 0.3) is 5.91 Å². The summed E-state index contributed by atoms with van der Waals surface area (Å²) in [6.07, 6.45) is -8.11. The second-order valence-corrected chi connectivity index (χ2v) is 11.4. The quantitative estimate of drug-likeness (QED) is 0.119. The fourth-order valence-corrected chi connectivity index (χ4v) is 6.12. The molecule has 0 atom stereocenters. The SMILES string of the molecule is O=C(CNC(=O)c1ccccc1-c1ccc(C(F)(F)F)cc1)NCCCCC1(C(=O)NCC(F)(F)F)c2ccccc2-c2ccccc21. The zero-order valence-electron chi connectivity index (χ0n) is 25.5. The van der Waals surface area contributed by atoms with Gasteiger partial charge in [0.05, 0.1) is 12.1 Å². The first-order valence-electron chi connectivity index (χ1n) is 15.2. The summed E-state index contributed by atoms with van der Waals surface area (Å²) in [5.74, 6) is -1.84. The first-order valence-corrected chi connectivity index (χ1v) is 15.2. The van der Waals surface area contributed by atoms with Crippen molar-refractivity contribution in [2.45, 2.75) is 37.0 Å². The van der Waals surface area contributed by atoms with E-state index in [1.54, 1.807) is 54.6 Å². The monoisotopic (exact) mass is 667 g/mol. The summed E-state index contributed by atoms with van der Waals surface area (Å²) in [6, 6.07) is 25.0. The molecule has 0 spiro atoms. The molecule has 0 heterocycles. The molecule has 1 aliphatic carbocycles. The van der Waals surface area contributed by atoms with Crippen molar-refractivity contribution in [3.8, 4) is 22.3 Å². The molecule has 0 aromatic heterocycles. The van der Waals surface area contributed by atoms with Gasteiger partial charge in [-0.2, -0.15) is 26.3 Å². The van der Waals surface area contributed by atoms with E-state index in [4.69, 9.17) is 0 Å². The molecule has 0 saturated carbocycles. The largest absolute Gasteiger partial charge is 0.416 e. The normalized spacial score (nSPS) is 13.3. The van der Waals surface area contributed by atoms with Gasteiger partial charge in [-0.25, -0.2) is 0 Å². The molecule has 3 amide bonds. The van der Waals surface area contributed by atoms with Crippen molar-refractivity contribution >= 4 is 17.7 Å². The van der Waals surface area contributed by atoms with Crippen LogP contribution in [0, 0.1) is 0 Å². The molecule has 4 aromatic rings. The third kappa shape index (κ3) is 7.37. The average molecular weight is 668 g/mol. The Morgan fingerprint density at radius 2 is 1.19 bits per heavy atom. The number of carbonyl (C=O) groups excluding carboxylic acids is 3. The number of rotatable bonds is 11. The second kappa shape index (κ2) is 13.9. The highest BCUT2D eigenvalue weighted by atomic mass is 19.4. The summed E-state index contributed by atoms with van der Waals surface area (Å²) in [6.45, 7) is -1.65. The number of nitrogens with one attached hydrogen (secondary N) is 3. The molecule has 4 aromatic carbocycles. The van der Waals surface area contributed by atoms with E-state index < -0.39 is 47.6 Å². The predicted molar refractivity (Wildman–Crippen MR) is 168 cm³/mol. The van der Waals surface area contributed by atoms with E-state index in [1.807, 2.05) is 12.1 Å². The lowest BCUT2D eigenvalue weighted by Gasteiger charge is -2.31. The maximum absolute atomic E-state index is 13.6. The van der Waals surface area contributed by atoms with Crippen LogP contribution >= 0.6 is 0 Å². The maximum atomic E-state index is 13.6. The summed E-state index contributed by atoms with van der Waals surface area (Å²) in [7, 11) is 0. The number of amides is 3. The zero-order chi connectivity index (χ0) is 34.5. The minimum Gasteiger partial charge on any atom is -0.355 e. The summed E-state index contributed by atoms with van der Waals surface area (Å²) in [4.78, 5) is 39.1. The maximum Gasteiger partial charge on any atom is 0.416 e. The van der Waals surface area contributed by atoms with Crippen LogP contribution in [0.4, 0.5) is 26.3 Å². The van der Waals surface area contributed by atoms with Crippen LogP contribution in [0.15, 0.2) is 97.1 Å². The molecule has 0 fully saturated rings. The van der Waals surface area contributed by atoms with E-state index >= 15 is 0 Å². The Kier molecular flexibility index (Phi) is 9.92. The molecule has 0 radical (unpaired) electrons. The van der Waals surface area contributed by atoms with Crippen molar-refractivity contribution in [2.75, 3.05) is 19.6 Å². The van der Waals surface area contributed by atoms with Gasteiger partial charge in [0.1, 0.15) is 12.0 Å². The van der Waals surface area contributed by atoms with Gasteiger partial charge >= 0.3 is 12.4 Å². The van der Waals surface area contributed by atoms with E-state index in [9.17, 15) is 40.7 Å². The molecule has 0 saturated heterocycles. The van der Waals surface area contributed by atoms with Crippen LogP contribution in [-0.2, 0) is 21.2 Å².